The van der Waals surface area contributed by atoms with E-state index in [9.17, 15) is 8.42 Å². The van der Waals surface area contributed by atoms with Gasteiger partial charge in [-0.05, 0) is 31.5 Å². The van der Waals surface area contributed by atoms with Gasteiger partial charge in [0.25, 0.3) is 0 Å². The average Bonchev–Trinajstić information content (AvgIpc) is 3.45. The molecule has 2 aromatic rings. The molecule has 3 saturated heterocycles. The molecule has 1 unspecified atom stereocenters. The van der Waals surface area contributed by atoms with Gasteiger partial charge in [-0.2, -0.15) is 0 Å². The van der Waals surface area contributed by atoms with Crippen LogP contribution in [-0.2, 0) is 44.9 Å². The Morgan fingerprint density at radius 3 is 2.36 bits per heavy atom. The summed E-state index contributed by atoms with van der Waals surface area (Å²) in [6, 6.07) is 18.1. The fourth-order valence-corrected chi connectivity index (χ4v) is 5.70. The number of fused-ring (bicyclic) bond motifs is 1. The topological polar surface area (TPSA) is 89.5 Å². The van der Waals surface area contributed by atoms with Crippen molar-refractivity contribution in [2.24, 2.45) is 0 Å². The van der Waals surface area contributed by atoms with E-state index in [1.807, 2.05) is 44.2 Å². The molecule has 0 N–H and O–H groups in total. The summed E-state index contributed by atoms with van der Waals surface area (Å²) in [4.78, 5) is 0.236. The Bertz CT molecular complexity index is 1040. The van der Waals surface area contributed by atoms with Gasteiger partial charge in [-0.15, -0.1) is 0 Å². The van der Waals surface area contributed by atoms with Gasteiger partial charge in [0.1, 0.15) is 30.2 Å². The van der Waals surface area contributed by atoms with Crippen molar-refractivity contribution in [1.82, 2.24) is 0 Å². The summed E-state index contributed by atoms with van der Waals surface area (Å²) in [5.74, 6) is -1.06. The molecular weight excluding hydrogens is 448 g/mol. The quantitative estimate of drug-likeness (QED) is 0.603. The van der Waals surface area contributed by atoms with Crippen LogP contribution in [-0.4, -0.2) is 63.6 Å². The first-order valence-electron chi connectivity index (χ1n) is 11.0. The van der Waals surface area contributed by atoms with Crippen LogP contribution in [0.15, 0.2) is 65.6 Å². The van der Waals surface area contributed by atoms with Crippen molar-refractivity contribution in [3.63, 3.8) is 0 Å². The van der Waals surface area contributed by atoms with E-state index in [1.165, 1.54) is 0 Å². The Labute approximate surface area is 193 Å². The van der Waals surface area contributed by atoms with Crippen molar-refractivity contribution in [3.8, 4) is 0 Å². The van der Waals surface area contributed by atoms with Crippen molar-refractivity contribution >= 4 is 9.84 Å². The second-order valence-electron chi connectivity index (χ2n) is 8.86. The second-order valence-corrected chi connectivity index (χ2v) is 10.9. The minimum absolute atomic E-state index is 0.188. The maximum atomic E-state index is 12.7. The second kappa shape index (κ2) is 9.07. The number of rotatable bonds is 7. The van der Waals surface area contributed by atoms with Gasteiger partial charge in [0.2, 0.25) is 0 Å². The van der Waals surface area contributed by atoms with Crippen LogP contribution in [0, 0.1) is 0 Å². The Morgan fingerprint density at radius 2 is 1.64 bits per heavy atom. The molecule has 9 heteroatoms. The van der Waals surface area contributed by atoms with Gasteiger partial charge in [-0.1, -0.05) is 48.5 Å². The minimum atomic E-state index is -3.55. The van der Waals surface area contributed by atoms with E-state index in [1.54, 1.807) is 30.3 Å². The molecule has 33 heavy (non-hydrogen) atoms. The molecule has 6 atom stereocenters. The summed E-state index contributed by atoms with van der Waals surface area (Å²) in [6.07, 6.45) is -3.41. The molecule has 0 aromatic heterocycles. The molecule has 0 amide bonds. The van der Waals surface area contributed by atoms with Crippen molar-refractivity contribution in [3.05, 3.63) is 66.2 Å². The molecule has 3 fully saturated rings. The zero-order valence-corrected chi connectivity index (χ0v) is 19.3. The van der Waals surface area contributed by atoms with Crippen molar-refractivity contribution in [2.75, 3.05) is 12.4 Å². The van der Waals surface area contributed by atoms with Crippen molar-refractivity contribution < 1.29 is 36.8 Å². The van der Waals surface area contributed by atoms with Crippen LogP contribution in [0.5, 0.6) is 0 Å². The minimum Gasteiger partial charge on any atom is -0.368 e. The molecule has 0 radical (unpaired) electrons. The number of benzene rings is 2. The number of hydrogen-bond acceptors (Lipinski definition) is 8. The summed E-state index contributed by atoms with van der Waals surface area (Å²) in [5.41, 5.74) is 1.02. The summed E-state index contributed by atoms with van der Waals surface area (Å²) in [6.45, 7) is 4.22. The third kappa shape index (κ3) is 5.00. The monoisotopic (exact) mass is 476 g/mol. The van der Waals surface area contributed by atoms with E-state index in [0.29, 0.717) is 6.61 Å². The molecular formula is C24H28O8S. The zero-order valence-electron chi connectivity index (χ0n) is 18.5. The van der Waals surface area contributed by atoms with Crippen molar-refractivity contribution in [1.29, 1.82) is 0 Å². The van der Waals surface area contributed by atoms with Gasteiger partial charge in [0, 0.05) is 0 Å². The molecule has 3 aliphatic heterocycles. The maximum absolute atomic E-state index is 12.7. The van der Waals surface area contributed by atoms with Crippen LogP contribution in [0.2, 0.25) is 0 Å². The molecule has 3 aliphatic rings. The van der Waals surface area contributed by atoms with Gasteiger partial charge in [0.15, 0.2) is 28.2 Å². The third-order valence-corrected chi connectivity index (χ3v) is 7.61. The van der Waals surface area contributed by atoms with E-state index >= 15 is 0 Å². The van der Waals surface area contributed by atoms with Crippen LogP contribution in [0.1, 0.15) is 19.4 Å². The highest BCUT2D eigenvalue weighted by Crippen LogP contribution is 2.41. The summed E-state index contributed by atoms with van der Waals surface area (Å²) in [5, 5.41) is 0. The van der Waals surface area contributed by atoms with Gasteiger partial charge in [-0.25, -0.2) is 8.42 Å². The average molecular weight is 477 g/mol. The Balaban J connectivity index is 1.27. The lowest BCUT2D eigenvalue weighted by Crippen LogP contribution is -2.43. The predicted octanol–water partition coefficient (Wildman–Crippen LogP) is 2.66. The highest BCUT2D eigenvalue weighted by Gasteiger charge is 2.58. The fraction of sp³-hybridized carbons (Fsp3) is 0.500. The van der Waals surface area contributed by atoms with E-state index < -0.39 is 52.6 Å². The van der Waals surface area contributed by atoms with E-state index in [2.05, 4.69) is 0 Å². The lowest BCUT2D eigenvalue weighted by Gasteiger charge is -2.28. The smallest absolute Gasteiger partial charge is 0.190 e. The molecule has 5 rings (SSSR count). The van der Waals surface area contributed by atoms with Gasteiger partial charge < -0.3 is 28.4 Å². The third-order valence-electron chi connectivity index (χ3n) is 5.91. The molecule has 0 aliphatic carbocycles. The fourth-order valence-electron chi connectivity index (χ4n) is 4.40. The van der Waals surface area contributed by atoms with E-state index in [-0.39, 0.29) is 17.3 Å². The SMILES string of the molecule is CC1(C)O[C@H]2O[C@H]([C@H]3COC(CS(=O)(=O)c4ccccc4)O3)[C@H](OCc3ccccc3)[C@H]2O1. The summed E-state index contributed by atoms with van der Waals surface area (Å²) < 4.78 is 61.4. The number of hydrogen-bond donors (Lipinski definition) is 0. The first-order valence-corrected chi connectivity index (χ1v) is 12.7. The molecule has 0 bridgehead atoms. The largest absolute Gasteiger partial charge is 0.368 e. The predicted molar refractivity (Wildman–Crippen MR) is 117 cm³/mol. The van der Waals surface area contributed by atoms with Crippen LogP contribution < -0.4 is 0 Å². The van der Waals surface area contributed by atoms with E-state index in [0.717, 1.165) is 5.56 Å². The molecule has 0 spiro atoms. The molecule has 8 nitrogen and oxygen atoms in total. The Hall–Kier alpha value is -1.85. The highest BCUT2D eigenvalue weighted by molar-refractivity contribution is 7.91. The summed E-state index contributed by atoms with van der Waals surface area (Å²) >= 11 is 0. The summed E-state index contributed by atoms with van der Waals surface area (Å²) in [7, 11) is -3.55. The Morgan fingerprint density at radius 1 is 0.939 bits per heavy atom. The highest BCUT2D eigenvalue weighted by atomic mass is 32.2. The molecule has 2 aromatic carbocycles. The van der Waals surface area contributed by atoms with Gasteiger partial charge in [-0.3, -0.25) is 0 Å². The van der Waals surface area contributed by atoms with E-state index in [4.69, 9.17) is 28.4 Å². The van der Waals surface area contributed by atoms with Crippen molar-refractivity contribution in [2.45, 2.75) is 68.1 Å². The van der Waals surface area contributed by atoms with Crippen LogP contribution >= 0.6 is 0 Å². The van der Waals surface area contributed by atoms with Gasteiger partial charge in [0.05, 0.1) is 18.1 Å². The number of ether oxygens (including phenoxy) is 6. The van der Waals surface area contributed by atoms with Crippen LogP contribution in [0.4, 0.5) is 0 Å². The number of sulfone groups is 1. The van der Waals surface area contributed by atoms with Gasteiger partial charge >= 0.3 is 0 Å². The molecule has 178 valence electrons. The Kier molecular flexibility index (Phi) is 6.30. The molecule has 3 heterocycles. The normalized spacial score (nSPS) is 33.3. The molecule has 0 saturated carbocycles. The lowest BCUT2D eigenvalue weighted by molar-refractivity contribution is -0.231. The maximum Gasteiger partial charge on any atom is 0.190 e. The first kappa shape index (κ1) is 22.9. The van der Waals surface area contributed by atoms with Crippen LogP contribution in [0.3, 0.4) is 0 Å². The first-order chi connectivity index (χ1) is 15.8. The van der Waals surface area contributed by atoms with Crippen LogP contribution in [0.25, 0.3) is 0 Å². The standard InChI is InChI=1S/C24H28O8S/c1-24(2)31-22-21(28-13-16-9-5-3-6-10-16)20(30-23(22)32-24)18-14-27-19(29-18)15-33(25,26)17-11-7-4-8-12-17/h3-12,18-23H,13-15H2,1-2H3/t18-,19?,20-,21+,22-,23-/m1/s1. The zero-order chi connectivity index (χ0) is 23.1. The lowest BCUT2D eigenvalue weighted by atomic mass is 10.1.